The molecule has 1 aliphatic heterocycles. The van der Waals surface area contributed by atoms with Crippen molar-refractivity contribution in [1.82, 2.24) is 20.1 Å². The minimum atomic E-state index is -4.78. The van der Waals surface area contributed by atoms with Crippen molar-refractivity contribution in [2.75, 3.05) is 10.7 Å². The van der Waals surface area contributed by atoms with E-state index in [-0.39, 0.29) is 5.75 Å². The molecule has 220 valence electrons. The number of thioether (sulfide) groups is 1. The van der Waals surface area contributed by atoms with E-state index in [4.69, 9.17) is 0 Å². The van der Waals surface area contributed by atoms with E-state index in [0.29, 0.717) is 33.6 Å². The van der Waals surface area contributed by atoms with Gasteiger partial charge in [0.25, 0.3) is 0 Å². The van der Waals surface area contributed by atoms with Gasteiger partial charge < -0.3 is 15.2 Å². The average Bonchev–Trinajstić information content (AvgIpc) is 3.62. The van der Waals surface area contributed by atoms with Crippen molar-refractivity contribution in [1.29, 1.82) is 5.26 Å². The number of anilines is 1. The van der Waals surface area contributed by atoms with Gasteiger partial charge in [-0.3, -0.25) is 4.90 Å². The number of aromatic nitrogens is 3. The maximum absolute atomic E-state index is 12.8. The van der Waals surface area contributed by atoms with Crippen molar-refractivity contribution < 1.29 is 27.8 Å². The van der Waals surface area contributed by atoms with Crippen molar-refractivity contribution in [2.45, 2.75) is 32.0 Å². The molecule has 1 aliphatic rings. The van der Waals surface area contributed by atoms with E-state index in [2.05, 4.69) is 31.2 Å². The molecule has 1 saturated heterocycles. The minimum absolute atomic E-state index is 0.335. The number of hydrogen-bond donors (Lipinski definition) is 2. The molecule has 2 amide bonds. The summed E-state index contributed by atoms with van der Waals surface area (Å²) in [5.74, 6) is 0.335. The van der Waals surface area contributed by atoms with Gasteiger partial charge in [0.15, 0.2) is 11.0 Å². The largest absolute Gasteiger partial charge is 0.573 e. The summed E-state index contributed by atoms with van der Waals surface area (Å²) in [6.45, 7) is 2.00. The minimum Gasteiger partial charge on any atom is -0.406 e. The first-order valence-electron chi connectivity index (χ1n) is 13.0. The van der Waals surface area contributed by atoms with Crippen LogP contribution in [0.25, 0.3) is 17.1 Å². The maximum Gasteiger partial charge on any atom is 0.573 e. The van der Waals surface area contributed by atoms with E-state index in [0.717, 1.165) is 17.7 Å². The molecule has 4 aromatic rings. The highest BCUT2D eigenvalue weighted by molar-refractivity contribution is 8.14. The summed E-state index contributed by atoms with van der Waals surface area (Å²) in [6, 6.07) is 19.8. The Bertz CT molecular complexity index is 1670. The Morgan fingerprint density at radius 1 is 1.19 bits per heavy atom. The number of rotatable bonds is 7. The van der Waals surface area contributed by atoms with Crippen LogP contribution in [0.1, 0.15) is 24.1 Å². The van der Waals surface area contributed by atoms with Crippen molar-refractivity contribution in [3.05, 3.63) is 90.3 Å². The molecule has 2 atom stereocenters. The van der Waals surface area contributed by atoms with Gasteiger partial charge in [-0.1, -0.05) is 61.2 Å². The Kier molecular flexibility index (Phi) is 8.65. The number of nitrogens with one attached hydrogen (secondary N) is 1. The van der Waals surface area contributed by atoms with Crippen LogP contribution in [0.2, 0.25) is 0 Å². The van der Waals surface area contributed by atoms with Crippen LogP contribution in [0.15, 0.2) is 84.1 Å². The van der Waals surface area contributed by atoms with Crippen LogP contribution >= 0.6 is 11.8 Å². The number of benzene rings is 3. The standard InChI is InChI=1S/C29H24F3N7O3S/c1-2-18-5-3-4-6-24(18)39-25(40)16-43-28(39)36-27(41)35-23(15-33)19-7-9-20(10-8-19)26-34-17-38(37-26)21-11-13-22(14-12-21)42-29(30,31)32/h3-14,17,23,25,40H,2,16H2,1H3,(H,35,41)/b36-28-. The molecule has 0 aliphatic carbocycles. The summed E-state index contributed by atoms with van der Waals surface area (Å²) in [4.78, 5) is 22.9. The zero-order valence-electron chi connectivity index (χ0n) is 22.6. The van der Waals surface area contributed by atoms with E-state index in [1.165, 1.54) is 47.0 Å². The van der Waals surface area contributed by atoms with Crippen LogP contribution < -0.4 is 15.0 Å². The second-order valence-corrected chi connectivity index (χ2v) is 10.2. The first-order chi connectivity index (χ1) is 20.6. The lowest BCUT2D eigenvalue weighted by Gasteiger charge is -2.24. The van der Waals surface area contributed by atoms with E-state index in [9.17, 15) is 28.3 Å². The van der Waals surface area contributed by atoms with Gasteiger partial charge in [-0.2, -0.15) is 10.3 Å². The van der Waals surface area contributed by atoms with Crippen molar-refractivity contribution >= 4 is 28.6 Å². The number of alkyl halides is 3. The zero-order valence-corrected chi connectivity index (χ0v) is 23.4. The fourth-order valence-corrected chi connectivity index (χ4v) is 5.35. The summed E-state index contributed by atoms with van der Waals surface area (Å²) in [5, 5.41) is 27.6. The monoisotopic (exact) mass is 607 g/mol. The fourth-order valence-electron chi connectivity index (χ4n) is 4.39. The molecule has 0 spiro atoms. The van der Waals surface area contributed by atoms with E-state index in [1.807, 2.05) is 31.2 Å². The molecule has 2 unspecified atom stereocenters. The summed E-state index contributed by atoms with van der Waals surface area (Å²) >= 11 is 1.25. The average molecular weight is 608 g/mol. The van der Waals surface area contributed by atoms with Gasteiger partial charge >= 0.3 is 12.4 Å². The first-order valence-corrected chi connectivity index (χ1v) is 14.0. The summed E-state index contributed by atoms with van der Waals surface area (Å²) in [7, 11) is 0. The fraction of sp³-hybridized carbons (Fsp3) is 0.207. The van der Waals surface area contributed by atoms with Gasteiger partial charge in [-0.15, -0.1) is 18.3 Å². The highest BCUT2D eigenvalue weighted by Crippen LogP contribution is 2.32. The molecule has 1 fully saturated rings. The molecule has 3 aromatic carbocycles. The maximum atomic E-state index is 12.8. The van der Waals surface area contributed by atoms with E-state index >= 15 is 0 Å². The zero-order chi connectivity index (χ0) is 30.6. The van der Waals surface area contributed by atoms with Gasteiger partial charge in [0, 0.05) is 17.0 Å². The van der Waals surface area contributed by atoms with E-state index in [1.54, 1.807) is 29.2 Å². The molecule has 2 N–H and O–H groups in total. The Labute approximate surface area is 248 Å². The topological polar surface area (TPSA) is 129 Å². The Balaban J connectivity index is 1.26. The highest BCUT2D eigenvalue weighted by atomic mass is 32.2. The number of para-hydroxylation sites is 1. The number of hydrogen-bond acceptors (Lipinski definition) is 7. The van der Waals surface area contributed by atoms with Crippen LogP contribution in [0.3, 0.4) is 0 Å². The number of aliphatic hydroxyl groups is 1. The lowest BCUT2D eigenvalue weighted by Crippen LogP contribution is -2.35. The van der Waals surface area contributed by atoms with Gasteiger partial charge in [0.1, 0.15) is 24.3 Å². The quantitative estimate of drug-likeness (QED) is 0.278. The van der Waals surface area contributed by atoms with Crippen LogP contribution in [-0.4, -0.2) is 49.4 Å². The molecular weight excluding hydrogens is 583 g/mol. The van der Waals surface area contributed by atoms with Crippen molar-refractivity contribution in [3.63, 3.8) is 0 Å². The third-order valence-corrected chi connectivity index (χ3v) is 7.43. The number of nitriles is 1. The Morgan fingerprint density at radius 3 is 2.58 bits per heavy atom. The normalized spacial score (nSPS) is 16.6. The Hall–Kier alpha value is -4.87. The first kappa shape index (κ1) is 29.6. The van der Waals surface area contributed by atoms with Crippen LogP contribution in [0.4, 0.5) is 23.7 Å². The summed E-state index contributed by atoms with van der Waals surface area (Å²) in [6.07, 6.45) is -3.47. The number of amides is 2. The molecule has 43 heavy (non-hydrogen) atoms. The second kappa shape index (κ2) is 12.6. The molecule has 0 radical (unpaired) electrons. The number of nitrogens with zero attached hydrogens (tertiary/aromatic N) is 6. The summed E-state index contributed by atoms with van der Waals surface area (Å²) < 4.78 is 42.5. The molecule has 0 saturated carbocycles. The summed E-state index contributed by atoms with van der Waals surface area (Å²) in [5.41, 5.74) is 3.37. The van der Waals surface area contributed by atoms with Crippen LogP contribution in [0, 0.1) is 11.3 Å². The Morgan fingerprint density at radius 2 is 1.91 bits per heavy atom. The number of amidine groups is 1. The molecule has 14 heteroatoms. The smallest absolute Gasteiger partial charge is 0.406 e. The van der Waals surface area contributed by atoms with Gasteiger partial charge in [0.05, 0.1) is 11.8 Å². The second-order valence-electron chi connectivity index (χ2n) is 9.23. The third kappa shape index (κ3) is 6.96. The van der Waals surface area contributed by atoms with Gasteiger partial charge in [0.2, 0.25) is 0 Å². The number of carbonyl (C=O) groups excluding carboxylic acids is 1. The van der Waals surface area contributed by atoms with Crippen molar-refractivity contribution in [3.8, 4) is 28.9 Å². The number of ether oxygens (including phenoxy) is 1. The number of halogens is 3. The highest BCUT2D eigenvalue weighted by Gasteiger charge is 2.32. The number of carbonyl (C=O) groups is 1. The number of aliphatic imine (C=N–C) groups is 1. The SMILES string of the molecule is CCc1ccccc1N1/C(=N/C(=O)NC(C#N)c2ccc(-c3ncn(-c4ccc(OC(F)(F)F)cc4)n3)cc2)SCC1O. The van der Waals surface area contributed by atoms with Crippen LogP contribution in [0.5, 0.6) is 5.75 Å². The van der Waals surface area contributed by atoms with Crippen LogP contribution in [-0.2, 0) is 6.42 Å². The van der Waals surface area contributed by atoms with Crippen molar-refractivity contribution in [2.24, 2.45) is 4.99 Å². The number of aryl methyl sites for hydroxylation is 1. The van der Waals surface area contributed by atoms with E-state index < -0.39 is 24.7 Å². The molecule has 5 rings (SSSR count). The molecular formula is C29H24F3N7O3S. The third-order valence-electron chi connectivity index (χ3n) is 6.42. The van der Waals surface area contributed by atoms with Gasteiger partial charge in [-0.25, -0.2) is 14.5 Å². The molecule has 10 nitrogen and oxygen atoms in total. The lowest BCUT2D eigenvalue weighted by molar-refractivity contribution is -0.274. The number of urea groups is 1. The predicted octanol–water partition coefficient (Wildman–Crippen LogP) is 5.60. The lowest BCUT2D eigenvalue weighted by atomic mass is 10.1. The predicted molar refractivity (Wildman–Crippen MR) is 155 cm³/mol. The molecule has 0 bridgehead atoms. The molecule has 2 heterocycles. The van der Waals surface area contributed by atoms with Gasteiger partial charge in [-0.05, 0) is 47.9 Å². The number of aliphatic hydroxyl groups excluding tert-OH is 1. The molecule has 1 aromatic heterocycles.